The minimum absolute atomic E-state index is 0.0473. The Hall–Kier alpha value is -1.42. The normalized spacial score (nSPS) is 15.3. The second kappa shape index (κ2) is 6.84. The van der Waals surface area contributed by atoms with Crippen LogP contribution in [0.5, 0.6) is 11.5 Å². The second-order valence-corrected chi connectivity index (χ2v) is 5.42. The molecule has 0 aliphatic heterocycles. The zero-order valence-electron chi connectivity index (χ0n) is 11.5. The summed E-state index contributed by atoms with van der Waals surface area (Å²) in [7, 11) is 1.58. The molecule has 110 valence electrons. The van der Waals surface area contributed by atoms with Crippen molar-refractivity contribution in [2.24, 2.45) is 0 Å². The van der Waals surface area contributed by atoms with Gasteiger partial charge in [0.05, 0.1) is 13.2 Å². The van der Waals surface area contributed by atoms with Gasteiger partial charge in [-0.25, -0.2) is 0 Å². The lowest BCUT2D eigenvalue weighted by Crippen LogP contribution is -2.11. The van der Waals surface area contributed by atoms with Crippen molar-refractivity contribution in [2.75, 3.05) is 7.11 Å². The first-order valence-corrected chi connectivity index (χ1v) is 7.23. The Labute approximate surface area is 123 Å². The molecule has 0 heterocycles. The molecule has 0 saturated heterocycles. The van der Waals surface area contributed by atoms with Gasteiger partial charge in [-0.3, -0.25) is 4.79 Å². The fourth-order valence-electron chi connectivity index (χ4n) is 2.45. The number of carboxylic acid groups (broad SMARTS) is 1. The van der Waals surface area contributed by atoms with Crippen LogP contribution < -0.4 is 9.47 Å². The fourth-order valence-corrected chi connectivity index (χ4v) is 2.70. The van der Waals surface area contributed by atoms with E-state index in [1.807, 2.05) is 0 Å². The van der Waals surface area contributed by atoms with Crippen LogP contribution in [0.2, 0.25) is 5.02 Å². The van der Waals surface area contributed by atoms with Gasteiger partial charge in [0.25, 0.3) is 0 Å². The third-order valence-electron chi connectivity index (χ3n) is 3.54. The molecule has 4 nitrogen and oxygen atoms in total. The lowest BCUT2D eigenvalue weighted by molar-refractivity contribution is -0.136. The van der Waals surface area contributed by atoms with Gasteiger partial charge < -0.3 is 14.6 Å². The molecule has 0 amide bonds. The molecule has 0 unspecified atom stereocenters. The summed E-state index contributed by atoms with van der Waals surface area (Å²) in [5.74, 6) is 0.413. The third kappa shape index (κ3) is 3.79. The van der Waals surface area contributed by atoms with Crippen molar-refractivity contribution >= 4 is 17.6 Å². The minimum Gasteiger partial charge on any atom is -0.493 e. The molecule has 2 rings (SSSR count). The molecule has 0 bridgehead atoms. The lowest BCUT2D eigenvalue weighted by atomic mass is 10.1. The molecule has 0 spiro atoms. The summed E-state index contributed by atoms with van der Waals surface area (Å²) in [5.41, 5.74) is 0.768. The van der Waals surface area contributed by atoms with Crippen molar-refractivity contribution < 1.29 is 19.4 Å². The number of benzene rings is 1. The van der Waals surface area contributed by atoms with Crippen LogP contribution in [0, 0.1) is 0 Å². The van der Waals surface area contributed by atoms with E-state index in [0.29, 0.717) is 22.9 Å². The number of ether oxygens (including phenoxy) is 2. The SMILES string of the molecule is COc1cc(CCC(=O)O)c(Cl)cc1OC1CCCC1. The van der Waals surface area contributed by atoms with Gasteiger partial charge in [-0.2, -0.15) is 0 Å². The van der Waals surface area contributed by atoms with E-state index in [-0.39, 0.29) is 12.5 Å². The summed E-state index contributed by atoms with van der Waals surface area (Å²) in [6.45, 7) is 0. The highest BCUT2D eigenvalue weighted by atomic mass is 35.5. The van der Waals surface area contributed by atoms with Crippen molar-refractivity contribution in [1.82, 2.24) is 0 Å². The summed E-state index contributed by atoms with van der Waals surface area (Å²) in [4.78, 5) is 10.6. The first-order valence-electron chi connectivity index (χ1n) is 6.85. The Morgan fingerprint density at radius 1 is 1.35 bits per heavy atom. The zero-order valence-corrected chi connectivity index (χ0v) is 12.3. The van der Waals surface area contributed by atoms with E-state index < -0.39 is 5.97 Å². The van der Waals surface area contributed by atoms with Gasteiger partial charge in [0.1, 0.15) is 0 Å². The summed E-state index contributed by atoms with van der Waals surface area (Å²) in [6, 6.07) is 3.51. The van der Waals surface area contributed by atoms with Crippen LogP contribution in [-0.4, -0.2) is 24.3 Å². The van der Waals surface area contributed by atoms with Gasteiger partial charge in [0, 0.05) is 17.5 Å². The summed E-state index contributed by atoms with van der Waals surface area (Å²) < 4.78 is 11.3. The highest BCUT2D eigenvalue weighted by molar-refractivity contribution is 6.31. The van der Waals surface area contributed by atoms with Crippen molar-refractivity contribution in [3.8, 4) is 11.5 Å². The number of methoxy groups -OCH3 is 1. The predicted octanol–water partition coefficient (Wildman–Crippen LogP) is 3.69. The lowest BCUT2D eigenvalue weighted by Gasteiger charge is -2.17. The largest absolute Gasteiger partial charge is 0.493 e. The van der Waals surface area contributed by atoms with Crippen LogP contribution in [0.4, 0.5) is 0 Å². The van der Waals surface area contributed by atoms with Gasteiger partial charge in [-0.05, 0) is 43.7 Å². The topological polar surface area (TPSA) is 55.8 Å². The molecule has 1 aliphatic carbocycles. The molecule has 20 heavy (non-hydrogen) atoms. The van der Waals surface area contributed by atoms with Crippen molar-refractivity contribution in [2.45, 2.75) is 44.6 Å². The van der Waals surface area contributed by atoms with E-state index in [4.69, 9.17) is 26.2 Å². The van der Waals surface area contributed by atoms with Crippen LogP contribution in [0.3, 0.4) is 0 Å². The van der Waals surface area contributed by atoms with Gasteiger partial charge >= 0.3 is 5.97 Å². The molecule has 0 aromatic heterocycles. The Kier molecular flexibility index (Phi) is 5.12. The van der Waals surface area contributed by atoms with E-state index in [1.54, 1.807) is 19.2 Å². The smallest absolute Gasteiger partial charge is 0.303 e. The van der Waals surface area contributed by atoms with Crippen LogP contribution in [0.15, 0.2) is 12.1 Å². The van der Waals surface area contributed by atoms with Gasteiger partial charge in [0.15, 0.2) is 11.5 Å². The van der Waals surface area contributed by atoms with E-state index in [2.05, 4.69) is 0 Å². The van der Waals surface area contributed by atoms with Crippen LogP contribution in [-0.2, 0) is 11.2 Å². The van der Waals surface area contributed by atoms with E-state index in [9.17, 15) is 4.79 Å². The van der Waals surface area contributed by atoms with Gasteiger partial charge in [-0.1, -0.05) is 11.6 Å². The monoisotopic (exact) mass is 298 g/mol. The molecule has 1 N–H and O–H groups in total. The Bertz CT molecular complexity index is 481. The molecular weight excluding hydrogens is 280 g/mol. The quantitative estimate of drug-likeness (QED) is 0.870. The number of carbonyl (C=O) groups is 1. The predicted molar refractivity (Wildman–Crippen MR) is 76.8 cm³/mol. The molecule has 1 aromatic rings. The Morgan fingerprint density at radius 2 is 2.05 bits per heavy atom. The van der Waals surface area contributed by atoms with E-state index in [1.165, 1.54) is 12.8 Å². The zero-order chi connectivity index (χ0) is 14.5. The van der Waals surface area contributed by atoms with Crippen LogP contribution in [0.25, 0.3) is 0 Å². The summed E-state index contributed by atoms with van der Waals surface area (Å²) >= 11 is 6.20. The standard InChI is InChI=1S/C15H19ClO4/c1-19-13-8-10(6-7-15(17)18)12(16)9-14(13)20-11-4-2-3-5-11/h8-9,11H,2-7H2,1H3,(H,17,18). The number of halogens is 1. The molecule has 0 radical (unpaired) electrons. The molecule has 1 fully saturated rings. The highest BCUT2D eigenvalue weighted by Crippen LogP contribution is 2.36. The van der Waals surface area contributed by atoms with Crippen LogP contribution >= 0.6 is 11.6 Å². The Balaban J connectivity index is 2.15. The Morgan fingerprint density at radius 3 is 2.65 bits per heavy atom. The number of hydrogen-bond acceptors (Lipinski definition) is 3. The van der Waals surface area contributed by atoms with Crippen molar-refractivity contribution in [3.63, 3.8) is 0 Å². The van der Waals surface area contributed by atoms with E-state index in [0.717, 1.165) is 18.4 Å². The first kappa shape index (κ1) is 15.0. The number of rotatable bonds is 6. The molecule has 5 heteroatoms. The number of hydrogen-bond donors (Lipinski definition) is 1. The third-order valence-corrected chi connectivity index (χ3v) is 3.89. The van der Waals surface area contributed by atoms with Crippen LogP contribution in [0.1, 0.15) is 37.7 Å². The summed E-state index contributed by atoms with van der Waals surface area (Å²) in [5, 5.41) is 9.27. The maximum atomic E-state index is 10.6. The van der Waals surface area contributed by atoms with Gasteiger partial charge in [0.2, 0.25) is 0 Å². The van der Waals surface area contributed by atoms with Gasteiger partial charge in [-0.15, -0.1) is 0 Å². The average Bonchev–Trinajstić information content (AvgIpc) is 2.90. The first-order chi connectivity index (χ1) is 9.60. The number of aliphatic carboxylic acids is 1. The second-order valence-electron chi connectivity index (χ2n) is 5.01. The van der Waals surface area contributed by atoms with Crippen molar-refractivity contribution in [3.05, 3.63) is 22.7 Å². The van der Waals surface area contributed by atoms with E-state index >= 15 is 0 Å². The maximum absolute atomic E-state index is 10.6. The highest BCUT2D eigenvalue weighted by Gasteiger charge is 2.19. The molecule has 1 saturated carbocycles. The number of carboxylic acids is 1. The fraction of sp³-hybridized carbons (Fsp3) is 0.533. The molecule has 0 atom stereocenters. The minimum atomic E-state index is -0.841. The molecule has 1 aromatic carbocycles. The number of aryl methyl sites for hydroxylation is 1. The molecule has 1 aliphatic rings. The summed E-state index contributed by atoms with van der Waals surface area (Å²) in [6.07, 6.45) is 5.16. The average molecular weight is 299 g/mol. The van der Waals surface area contributed by atoms with Crippen molar-refractivity contribution in [1.29, 1.82) is 0 Å². The maximum Gasteiger partial charge on any atom is 0.303 e. The molecular formula is C15H19ClO4.